The summed E-state index contributed by atoms with van der Waals surface area (Å²) in [5.41, 5.74) is 3.51. The third-order valence-corrected chi connectivity index (χ3v) is 4.24. The van der Waals surface area contributed by atoms with E-state index in [0.29, 0.717) is 35.0 Å². The second kappa shape index (κ2) is 7.31. The van der Waals surface area contributed by atoms with E-state index in [1.165, 1.54) is 0 Å². The third kappa shape index (κ3) is 3.02. The van der Waals surface area contributed by atoms with Crippen molar-refractivity contribution in [3.05, 3.63) is 58.1 Å². The second-order valence-electron chi connectivity index (χ2n) is 5.75. The quantitative estimate of drug-likeness (QED) is 0.840. The second-order valence-corrected chi connectivity index (χ2v) is 5.75. The highest BCUT2D eigenvalue weighted by molar-refractivity contribution is 5.99. The number of aliphatic imine (C=N–C) groups is 1. The van der Waals surface area contributed by atoms with Crippen molar-refractivity contribution in [1.82, 2.24) is 5.32 Å². The van der Waals surface area contributed by atoms with Crippen LogP contribution in [0, 0.1) is 11.3 Å². The first-order valence-electron chi connectivity index (χ1n) is 8.24. The number of allylic oxidation sites excluding steroid dienone is 2. The van der Waals surface area contributed by atoms with Crippen molar-refractivity contribution in [1.29, 1.82) is 5.26 Å². The van der Waals surface area contributed by atoms with Crippen LogP contribution in [0.2, 0.25) is 0 Å². The number of rotatable bonds is 3. The molecule has 1 unspecified atom stereocenters. The summed E-state index contributed by atoms with van der Waals surface area (Å²) in [5.74, 6) is 0.340. The highest BCUT2D eigenvalue weighted by Crippen LogP contribution is 2.42. The normalized spacial score (nSPS) is 18.5. The smallest absolute Gasteiger partial charge is 0.481 e. The third-order valence-electron chi connectivity index (χ3n) is 4.24. The molecule has 0 aromatic heterocycles. The van der Waals surface area contributed by atoms with E-state index >= 15 is 0 Å². The van der Waals surface area contributed by atoms with E-state index in [1.807, 2.05) is 19.1 Å². The van der Waals surface area contributed by atoms with Crippen LogP contribution in [0.15, 0.2) is 52.0 Å². The number of methoxy groups -OCH3 is 1. The predicted octanol–water partition coefficient (Wildman–Crippen LogP) is 2.96. The summed E-state index contributed by atoms with van der Waals surface area (Å²) in [7, 11) is 1.54. The Morgan fingerprint density at radius 3 is 2.88 bits per heavy atom. The van der Waals surface area contributed by atoms with Gasteiger partial charge in [0.15, 0.2) is 0 Å². The Labute approximate surface area is 151 Å². The molecule has 26 heavy (non-hydrogen) atoms. The van der Waals surface area contributed by atoms with Crippen molar-refractivity contribution < 1.29 is 19.0 Å². The minimum atomic E-state index is -0.791. The molecule has 3 rings (SSSR count). The summed E-state index contributed by atoms with van der Waals surface area (Å²) in [6, 6.07) is 9.41. The number of hydrogen-bond donors (Lipinski definition) is 1. The van der Waals surface area contributed by atoms with E-state index < -0.39 is 12.1 Å². The molecule has 2 heterocycles. The maximum atomic E-state index is 12.0. The van der Waals surface area contributed by atoms with E-state index in [-0.39, 0.29) is 6.61 Å². The molecule has 134 valence electrons. The van der Waals surface area contributed by atoms with Gasteiger partial charge >= 0.3 is 6.16 Å². The fourth-order valence-corrected chi connectivity index (χ4v) is 3.18. The molecule has 1 N–H and O–H groups in total. The molecule has 0 saturated heterocycles. The van der Waals surface area contributed by atoms with E-state index in [9.17, 15) is 10.1 Å². The number of nitrogens with one attached hydrogen (secondary N) is 1. The molecular formula is C19H19N3O4. The Balaban J connectivity index is 2.13. The summed E-state index contributed by atoms with van der Waals surface area (Å²) >= 11 is 0. The van der Waals surface area contributed by atoms with Crippen LogP contribution in [0.1, 0.15) is 30.9 Å². The van der Waals surface area contributed by atoms with Gasteiger partial charge in [-0.3, -0.25) is 0 Å². The molecule has 7 nitrogen and oxygen atoms in total. The summed E-state index contributed by atoms with van der Waals surface area (Å²) in [6.45, 7) is 4.16. The molecular weight excluding hydrogens is 334 g/mol. The van der Waals surface area contributed by atoms with Crippen molar-refractivity contribution in [3.63, 3.8) is 0 Å². The molecule has 0 radical (unpaired) electrons. The number of benzene rings is 1. The average Bonchev–Trinajstić information content (AvgIpc) is 3.05. The number of nitrogens with zero attached hydrogens (tertiary/aromatic N) is 2. The van der Waals surface area contributed by atoms with Gasteiger partial charge in [0.2, 0.25) is 5.90 Å². The number of carbonyl (C=O) groups excluding carboxylic acids is 1. The Hall–Kier alpha value is -3.27. The number of dihydropyridines is 1. The lowest BCUT2D eigenvalue weighted by molar-refractivity contribution is 0.0771. The zero-order chi connectivity index (χ0) is 18.7. The number of hydrogen-bond acceptors (Lipinski definition) is 7. The van der Waals surface area contributed by atoms with Crippen LogP contribution >= 0.6 is 0 Å². The molecule has 1 aromatic carbocycles. The molecule has 0 saturated carbocycles. The van der Waals surface area contributed by atoms with Gasteiger partial charge in [-0.2, -0.15) is 5.26 Å². The van der Waals surface area contributed by atoms with Crippen LogP contribution < -0.4 is 5.32 Å². The summed E-state index contributed by atoms with van der Waals surface area (Å²) < 4.78 is 15.9. The molecule has 1 atom stereocenters. The Kier molecular flexibility index (Phi) is 4.94. The van der Waals surface area contributed by atoms with E-state index in [0.717, 1.165) is 11.3 Å². The molecule has 7 heteroatoms. The lowest BCUT2D eigenvalue weighted by Gasteiger charge is -2.30. The lowest BCUT2D eigenvalue weighted by Crippen LogP contribution is -2.30. The van der Waals surface area contributed by atoms with Crippen LogP contribution in [0.3, 0.4) is 0 Å². The number of ether oxygens (including phenoxy) is 3. The van der Waals surface area contributed by atoms with Gasteiger partial charge in [-0.05, 0) is 25.5 Å². The average molecular weight is 353 g/mol. The van der Waals surface area contributed by atoms with Gasteiger partial charge in [-0.25, -0.2) is 9.79 Å². The lowest BCUT2D eigenvalue weighted by atomic mass is 9.83. The van der Waals surface area contributed by atoms with Gasteiger partial charge in [0.1, 0.15) is 5.76 Å². The van der Waals surface area contributed by atoms with Crippen molar-refractivity contribution in [2.24, 2.45) is 4.99 Å². The summed E-state index contributed by atoms with van der Waals surface area (Å²) in [5, 5.41) is 12.8. The maximum absolute atomic E-state index is 12.0. The van der Waals surface area contributed by atoms with Crippen LogP contribution in [0.5, 0.6) is 0 Å². The molecule has 0 aliphatic carbocycles. The fraction of sp³-hybridized carbons (Fsp3) is 0.316. The molecule has 0 amide bonds. The Morgan fingerprint density at radius 1 is 1.42 bits per heavy atom. The number of carbonyl (C=O) groups is 1. The number of nitriles is 1. The topological polar surface area (TPSA) is 92.9 Å². The van der Waals surface area contributed by atoms with Crippen LogP contribution in [0.25, 0.3) is 0 Å². The van der Waals surface area contributed by atoms with E-state index in [4.69, 9.17) is 14.2 Å². The van der Waals surface area contributed by atoms with Gasteiger partial charge in [-0.1, -0.05) is 18.2 Å². The van der Waals surface area contributed by atoms with Gasteiger partial charge in [0.05, 0.1) is 49.1 Å². The first-order chi connectivity index (χ1) is 12.6. The minimum Gasteiger partial charge on any atom is -0.481 e. The minimum absolute atomic E-state index is 0.205. The van der Waals surface area contributed by atoms with E-state index in [1.54, 1.807) is 26.2 Å². The van der Waals surface area contributed by atoms with Gasteiger partial charge < -0.3 is 19.5 Å². The summed E-state index contributed by atoms with van der Waals surface area (Å²) in [6.07, 6.45) is -0.791. The first kappa shape index (κ1) is 17.5. The SMILES string of the molecule is CCOC(=O)OC1=C(C)NC2=C(C(OC)=NC2)C1c1ccccc1C#N. The van der Waals surface area contributed by atoms with Crippen molar-refractivity contribution in [3.8, 4) is 6.07 Å². The Bertz CT molecular complexity index is 877. The van der Waals surface area contributed by atoms with Gasteiger partial charge in [-0.15, -0.1) is 0 Å². The highest BCUT2D eigenvalue weighted by Gasteiger charge is 2.39. The monoisotopic (exact) mass is 353 g/mol. The van der Waals surface area contributed by atoms with Crippen LogP contribution in [-0.4, -0.2) is 32.3 Å². The fourth-order valence-electron chi connectivity index (χ4n) is 3.18. The highest BCUT2D eigenvalue weighted by atomic mass is 16.7. The Morgan fingerprint density at radius 2 is 2.19 bits per heavy atom. The molecule has 1 aromatic rings. The van der Waals surface area contributed by atoms with Gasteiger partial charge in [0.25, 0.3) is 0 Å². The molecule has 2 aliphatic rings. The van der Waals surface area contributed by atoms with Crippen LogP contribution in [0.4, 0.5) is 4.79 Å². The zero-order valence-electron chi connectivity index (χ0n) is 14.8. The predicted molar refractivity (Wildman–Crippen MR) is 94.2 cm³/mol. The summed E-state index contributed by atoms with van der Waals surface area (Å²) in [4.78, 5) is 16.4. The molecule has 0 fully saturated rings. The van der Waals surface area contributed by atoms with Crippen molar-refractivity contribution in [2.45, 2.75) is 19.8 Å². The maximum Gasteiger partial charge on any atom is 0.513 e. The molecule has 2 aliphatic heterocycles. The van der Waals surface area contributed by atoms with Crippen LogP contribution in [-0.2, 0) is 14.2 Å². The molecule has 0 spiro atoms. The van der Waals surface area contributed by atoms with Crippen molar-refractivity contribution in [2.75, 3.05) is 20.3 Å². The standard InChI is InChI=1S/C19H19N3O4/c1-4-25-19(23)26-17-11(2)22-14-10-21-18(24-3)16(14)15(17)13-8-6-5-7-12(13)9-20/h5-8,15,22H,4,10H2,1-3H3. The first-order valence-corrected chi connectivity index (χ1v) is 8.24. The molecule has 0 bridgehead atoms. The zero-order valence-corrected chi connectivity index (χ0v) is 14.8. The van der Waals surface area contributed by atoms with Crippen molar-refractivity contribution >= 4 is 12.1 Å². The van der Waals surface area contributed by atoms with Gasteiger partial charge in [0, 0.05) is 5.70 Å². The van der Waals surface area contributed by atoms with E-state index in [2.05, 4.69) is 16.4 Å². The largest absolute Gasteiger partial charge is 0.513 e.